The molecule has 98 valence electrons. The van der Waals surface area contributed by atoms with Gasteiger partial charge in [-0.2, -0.15) is 0 Å². The summed E-state index contributed by atoms with van der Waals surface area (Å²) in [5, 5.41) is 6.38. The number of benzene rings is 1. The molecule has 1 aliphatic rings. The van der Waals surface area contributed by atoms with Gasteiger partial charge in [0.2, 0.25) is 5.91 Å². The van der Waals surface area contributed by atoms with Crippen molar-refractivity contribution < 1.29 is 4.79 Å². The van der Waals surface area contributed by atoms with Crippen molar-refractivity contribution in [3.8, 4) is 0 Å². The number of amides is 1. The van der Waals surface area contributed by atoms with Crippen LogP contribution in [-0.2, 0) is 4.79 Å². The van der Waals surface area contributed by atoms with Crippen molar-refractivity contribution >= 4 is 5.91 Å². The molecule has 1 aromatic rings. The van der Waals surface area contributed by atoms with Crippen LogP contribution in [0.3, 0.4) is 0 Å². The van der Waals surface area contributed by atoms with Gasteiger partial charge in [0.1, 0.15) is 0 Å². The van der Waals surface area contributed by atoms with E-state index in [1.165, 1.54) is 5.56 Å². The van der Waals surface area contributed by atoms with Crippen molar-refractivity contribution in [3.05, 3.63) is 35.9 Å². The standard InChI is InChI=1S/C14H21N3O/c1-12(18)16-14(13-5-3-2-4-6-13)11-17-9-7-15-8-10-17/h2-6,14-15H,7-11H2,1H3,(H,16,18)/t14-/m0/s1. The highest BCUT2D eigenvalue weighted by molar-refractivity contribution is 5.73. The van der Waals surface area contributed by atoms with Gasteiger partial charge in [0.25, 0.3) is 0 Å². The first kappa shape index (κ1) is 13.1. The predicted octanol–water partition coefficient (Wildman–Crippen LogP) is 0.769. The summed E-state index contributed by atoms with van der Waals surface area (Å²) in [6.07, 6.45) is 0. The molecule has 0 saturated carbocycles. The number of nitrogens with zero attached hydrogens (tertiary/aromatic N) is 1. The van der Waals surface area contributed by atoms with E-state index in [4.69, 9.17) is 0 Å². The van der Waals surface area contributed by atoms with Crippen molar-refractivity contribution in [1.29, 1.82) is 0 Å². The van der Waals surface area contributed by atoms with E-state index in [0.29, 0.717) is 0 Å². The molecule has 1 atom stereocenters. The third kappa shape index (κ3) is 3.82. The van der Waals surface area contributed by atoms with Crippen LogP contribution in [0, 0.1) is 0 Å². The van der Waals surface area contributed by atoms with Crippen molar-refractivity contribution in [2.24, 2.45) is 0 Å². The molecule has 1 amide bonds. The number of nitrogens with one attached hydrogen (secondary N) is 2. The van der Waals surface area contributed by atoms with Crippen LogP contribution in [0.5, 0.6) is 0 Å². The van der Waals surface area contributed by atoms with Crippen LogP contribution in [0.1, 0.15) is 18.5 Å². The van der Waals surface area contributed by atoms with Crippen LogP contribution in [0.4, 0.5) is 0 Å². The van der Waals surface area contributed by atoms with Crippen LogP contribution in [0.15, 0.2) is 30.3 Å². The Balaban J connectivity index is 2.02. The Labute approximate surface area is 108 Å². The van der Waals surface area contributed by atoms with E-state index >= 15 is 0 Å². The Bertz CT molecular complexity index is 374. The molecule has 1 heterocycles. The summed E-state index contributed by atoms with van der Waals surface area (Å²) in [5.41, 5.74) is 1.17. The van der Waals surface area contributed by atoms with E-state index in [1.807, 2.05) is 18.2 Å². The Morgan fingerprint density at radius 1 is 1.33 bits per heavy atom. The molecule has 0 aromatic heterocycles. The highest BCUT2D eigenvalue weighted by Gasteiger charge is 2.18. The quantitative estimate of drug-likeness (QED) is 0.826. The molecule has 0 bridgehead atoms. The molecule has 1 aromatic carbocycles. The first-order valence-corrected chi connectivity index (χ1v) is 6.51. The molecule has 0 radical (unpaired) electrons. The monoisotopic (exact) mass is 247 g/mol. The van der Waals surface area contributed by atoms with E-state index in [0.717, 1.165) is 32.7 Å². The summed E-state index contributed by atoms with van der Waals surface area (Å²) in [6.45, 7) is 6.61. The van der Waals surface area contributed by atoms with Crippen molar-refractivity contribution in [2.45, 2.75) is 13.0 Å². The summed E-state index contributed by atoms with van der Waals surface area (Å²) < 4.78 is 0. The smallest absolute Gasteiger partial charge is 0.217 e. The second kappa shape index (κ2) is 6.52. The Morgan fingerprint density at radius 2 is 2.00 bits per heavy atom. The third-order valence-corrected chi connectivity index (χ3v) is 3.23. The number of hydrogen-bond donors (Lipinski definition) is 2. The minimum Gasteiger partial charge on any atom is -0.348 e. The highest BCUT2D eigenvalue weighted by Crippen LogP contribution is 2.14. The molecule has 4 heteroatoms. The van der Waals surface area contributed by atoms with Crippen LogP contribution in [0.2, 0.25) is 0 Å². The van der Waals surface area contributed by atoms with Crippen LogP contribution in [0.25, 0.3) is 0 Å². The fourth-order valence-corrected chi connectivity index (χ4v) is 2.32. The zero-order valence-corrected chi connectivity index (χ0v) is 10.9. The Kier molecular flexibility index (Phi) is 4.73. The number of piperazine rings is 1. The fourth-order valence-electron chi connectivity index (χ4n) is 2.32. The van der Waals surface area contributed by atoms with Gasteiger partial charge in [0.05, 0.1) is 6.04 Å². The second-order valence-electron chi connectivity index (χ2n) is 4.71. The summed E-state index contributed by atoms with van der Waals surface area (Å²) in [5.74, 6) is 0.0268. The average molecular weight is 247 g/mol. The lowest BCUT2D eigenvalue weighted by Crippen LogP contribution is -2.47. The van der Waals surface area contributed by atoms with Gasteiger partial charge in [0.15, 0.2) is 0 Å². The van der Waals surface area contributed by atoms with Crippen molar-refractivity contribution in [3.63, 3.8) is 0 Å². The predicted molar refractivity (Wildman–Crippen MR) is 72.3 cm³/mol. The lowest BCUT2D eigenvalue weighted by Gasteiger charge is -2.31. The molecule has 1 fully saturated rings. The maximum absolute atomic E-state index is 11.3. The van der Waals surface area contributed by atoms with Crippen LogP contribution in [-0.4, -0.2) is 43.5 Å². The molecule has 1 saturated heterocycles. The molecule has 4 nitrogen and oxygen atoms in total. The summed E-state index contributed by atoms with van der Waals surface area (Å²) in [6, 6.07) is 10.3. The van der Waals surface area contributed by atoms with E-state index in [2.05, 4.69) is 27.7 Å². The van der Waals surface area contributed by atoms with Gasteiger partial charge < -0.3 is 10.6 Å². The topological polar surface area (TPSA) is 44.4 Å². The first-order valence-electron chi connectivity index (χ1n) is 6.51. The summed E-state index contributed by atoms with van der Waals surface area (Å²) in [4.78, 5) is 13.7. The normalized spacial score (nSPS) is 18.3. The lowest BCUT2D eigenvalue weighted by molar-refractivity contribution is -0.119. The Hall–Kier alpha value is -1.39. The van der Waals surface area contributed by atoms with E-state index < -0.39 is 0 Å². The van der Waals surface area contributed by atoms with Crippen LogP contribution >= 0.6 is 0 Å². The Morgan fingerprint density at radius 3 is 2.61 bits per heavy atom. The van der Waals surface area contributed by atoms with Gasteiger partial charge in [-0.1, -0.05) is 30.3 Å². The first-order chi connectivity index (χ1) is 8.75. The second-order valence-corrected chi connectivity index (χ2v) is 4.71. The molecule has 0 aliphatic carbocycles. The summed E-state index contributed by atoms with van der Waals surface area (Å²) >= 11 is 0. The zero-order valence-electron chi connectivity index (χ0n) is 10.9. The minimum atomic E-state index is 0.0268. The molecule has 2 N–H and O–H groups in total. The molecule has 2 rings (SSSR count). The summed E-state index contributed by atoms with van der Waals surface area (Å²) in [7, 11) is 0. The van der Waals surface area contributed by atoms with Gasteiger partial charge >= 0.3 is 0 Å². The highest BCUT2D eigenvalue weighted by atomic mass is 16.1. The largest absolute Gasteiger partial charge is 0.348 e. The minimum absolute atomic E-state index is 0.0268. The molecular formula is C14H21N3O. The van der Waals surface area contributed by atoms with E-state index in [-0.39, 0.29) is 11.9 Å². The number of hydrogen-bond acceptors (Lipinski definition) is 3. The molecule has 1 aliphatic heterocycles. The van der Waals surface area contributed by atoms with Gasteiger partial charge in [-0.15, -0.1) is 0 Å². The van der Waals surface area contributed by atoms with Gasteiger partial charge in [-0.3, -0.25) is 9.69 Å². The van der Waals surface area contributed by atoms with Gasteiger partial charge in [-0.25, -0.2) is 0 Å². The lowest BCUT2D eigenvalue weighted by atomic mass is 10.1. The SMILES string of the molecule is CC(=O)N[C@@H](CN1CCNCC1)c1ccccc1. The fraction of sp³-hybridized carbons (Fsp3) is 0.500. The van der Waals surface area contributed by atoms with E-state index in [1.54, 1.807) is 6.92 Å². The maximum atomic E-state index is 11.3. The number of carbonyl (C=O) groups is 1. The third-order valence-electron chi connectivity index (χ3n) is 3.23. The zero-order chi connectivity index (χ0) is 12.8. The van der Waals surface area contributed by atoms with Crippen molar-refractivity contribution in [2.75, 3.05) is 32.7 Å². The van der Waals surface area contributed by atoms with Gasteiger partial charge in [0, 0.05) is 39.6 Å². The van der Waals surface area contributed by atoms with Gasteiger partial charge in [-0.05, 0) is 5.56 Å². The molecule has 18 heavy (non-hydrogen) atoms. The molecule has 0 unspecified atom stereocenters. The molecular weight excluding hydrogens is 226 g/mol. The number of rotatable bonds is 4. The van der Waals surface area contributed by atoms with E-state index in [9.17, 15) is 4.79 Å². The number of carbonyl (C=O) groups excluding carboxylic acids is 1. The maximum Gasteiger partial charge on any atom is 0.217 e. The van der Waals surface area contributed by atoms with Crippen molar-refractivity contribution in [1.82, 2.24) is 15.5 Å². The average Bonchev–Trinajstić information content (AvgIpc) is 2.40. The molecule has 0 spiro atoms. The van der Waals surface area contributed by atoms with Crippen LogP contribution < -0.4 is 10.6 Å².